The lowest BCUT2D eigenvalue weighted by molar-refractivity contribution is 0.0972. The summed E-state index contributed by atoms with van der Waals surface area (Å²) in [5.74, 6) is 0.851. The Hall–Kier alpha value is -2.03. The number of nitrogens with two attached hydrogens (primary N) is 1. The summed E-state index contributed by atoms with van der Waals surface area (Å²) in [4.78, 5) is 15.2. The van der Waals surface area contributed by atoms with Gasteiger partial charge in [0.05, 0.1) is 6.54 Å². The highest BCUT2D eigenvalue weighted by atomic mass is 127. The summed E-state index contributed by atoms with van der Waals surface area (Å²) in [6.07, 6.45) is 0. The van der Waals surface area contributed by atoms with Crippen molar-refractivity contribution in [1.82, 2.24) is 10.6 Å². The highest BCUT2D eigenvalue weighted by Gasteiger charge is 2.07. The van der Waals surface area contributed by atoms with E-state index >= 15 is 0 Å². The molecule has 2 aromatic rings. The van der Waals surface area contributed by atoms with Crippen LogP contribution in [0.5, 0.6) is 0 Å². The molecule has 0 aliphatic carbocycles. The molecule has 0 saturated heterocycles. The van der Waals surface area contributed by atoms with E-state index in [-0.39, 0.29) is 29.7 Å². The van der Waals surface area contributed by atoms with Crippen molar-refractivity contribution >= 4 is 35.8 Å². The molecule has 6 nitrogen and oxygen atoms in total. The zero-order chi connectivity index (χ0) is 16.8. The van der Waals surface area contributed by atoms with Gasteiger partial charge in [-0.2, -0.15) is 0 Å². The van der Waals surface area contributed by atoms with Crippen LogP contribution >= 0.6 is 24.0 Å². The van der Waals surface area contributed by atoms with Crippen molar-refractivity contribution in [2.24, 2.45) is 10.7 Å². The molecule has 7 heteroatoms. The van der Waals surface area contributed by atoms with E-state index < -0.39 is 5.91 Å². The molecule has 0 spiro atoms. The molecule has 0 aliphatic rings. The molecule has 0 bridgehead atoms. The number of hydrogen-bond donors (Lipinski definition) is 3. The molecule has 1 heterocycles. The van der Waals surface area contributed by atoms with Crippen molar-refractivity contribution < 1.29 is 9.21 Å². The fraction of sp³-hybridized carbons (Fsp3) is 0.294. The highest BCUT2D eigenvalue weighted by Crippen LogP contribution is 2.10. The normalized spacial score (nSPS) is 10.9. The number of nitrogens with one attached hydrogen (secondary N) is 2. The first-order chi connectivity index (χ1) is 11.0. The molecule has 1 aromatic carbocycles. The third-order valence-corrected chi connectivity index (χ3v) is 3.50. The van der Waals surface area contributed by atoms with Crippen molar-refractivity contribution in [1.29, 1.82) is 0 Å². The van der Waals surface area contributed by atoms with E-state index in [2.05, 4.69) is 47.7 Å². The van der Waals surface area contributed by atoms with Crippen LogP contribution in [0, 0.1) is 13.8 Å². The quantitative estimate of drug-likeness (QED) is 0.377. The van der Waals surface area contributed by atoms with Crippen LogP contribution in [-0.2, 0) is 13.1 Å². The van der Waals surface area contributed by atoms with Gasteiger partial charge in [-0.15, -0.1) is 24.0 Å². The van der Waals surface area contributed by atoms with Gasteiger partial charge in [-0.25, -0.2) is 0 Å². The van der Waals surface area contributed by atoms with Gasteiger partial charge in [-0.3, -0.25) is 9.79 Å². The number of benzene rings is 1. The number of nitrogens with zero attached hydrogens (tertiary/aromatic N) is 1. The largest absolute Gasteiger partial charge is 0.454 e. The predicted molar refractivity (Wildman–Crippen MR) is 106 cm³/mol. The van der Waals surface area contributed by atoms with Crippen molar-refractivity contribution in [3.8, 4) is 0 Å². The Morgan fingerprint density at radius 1 is 1.17 bits per heavy atom. The number of carbonyl (C=O) groups excluding carboxylic acids is 1. The summed E-state index contributed by atoms with van der Waals surface area (Å²) in [6, 6.07) is 9.63. The number of halogens is 1. The van der Waals surface area contributed by atoms with Crippen molar-refractivity contribution in [2.45, 2.75) is 26.9 Å². The van der Waals surface area contributed by atoms with E-state index in [0.717, 1.165) is 0 Å². The predicted octanol–water partition coefficient (Wildman–Crippen LogP) is 2.48. The fourth-order valence-electron chi connectivity index (χ4n) is 2.22. The maximum absolute atomic E-state index is 11.0. The molecule has 130 valence electrons. The van der Waals surface area contributed by atoms with Gasteiger partial charge in [0.25, 0.3) is 5.91 Å². The topological polar surface area (TPSA) is 92.6 Å². The zero-order valence-corrected chi connectivity index (χ0v) is 16.4. The minimum Gasteiger partial charge on any atom is -0.454 e. The molecule has 0 fully saturated rings. The Morgan fingerprint density at radius 3 is 2.46 bits per heavy atom. The average Bonchev–Trinajstić information content (AvgIpc) is 2.98. The standard InChI is InChI=1S/C17H22N4O2.HI/c1-11-4-5-13(12(2)8-11)9-20-17(19-3)21-10-14-6-7-15(23-14)16(18)22;/h4-8H,9-10H2,1-3H3,(H2,18,22)(H2,19,20,21);1H. The van der Waals surface area contributed by atoms with Gasteiger partial charge >= 0.3 is 0 Å². The number of amides is 1. The second kappa shape index (κ2) is 9.31. The van der Waals surface area contributed by atoms with Crippen LogP contribution in [0.15, 0.2) is 39.7 Å². The van der Waals surface area contributed by atoms with E-state index in [1.54, 1.807) is 19.2 Å². The van der Waals surface area contributed by atoms with Crippen LogP contribution < -0.4 is 16.4 Å². The lowest BCUT2D eigenvalue weighted by Gasteiger charge is -2.12. The molecule has 0 radical (unpaired) electrons. The molecule has 2 rings (SSSR count). The molecule has 0 saturated carbocycles. The van der Waals surface area contributed by atoms with E-state index in [0.29, 0.717) is 24.8 Å². The molecular weight excluding hydrogens is 419 g/mol. The first-order valence-electron chi connectivity index (χ1n) is 7.38. The number of aliphatic imine (C=N–C) groups is 1. The van der Waals surface area contributed by atoms with Gasteiger partial charge in [0.15, 0.2) is 11.7 Å². The number of primary amides is 1. The summed E-state index contributed by atoms with van der Waals surface area (Å²) in [5, 5.41) is 6.38. The minimum atomic E-state index is -0.575. The molecule has 1 amide bonds. The Bertz CT molecular complexity index is 725. The summed E-state index contributed by atoms with van der Waals surface area (Å²) in [5.41, 5.74) is 8.86. The highest BCUT2D eigenvalue weighted by molar-refractivity contribution is 14.0. The first-order valence-corrected chi connectivity index (χ1v) is 7.38. The van der Waals surface area contributed by atoms with Gasteiger partial charge in [0, 0.05) is 13.6 Å². The van der Waals surface area contributed by atoms with E-state index in [1.807, 2.05) is 0 Å². The number of aryl methyl sites for hydroxylation is 2. The van der Waals surface area contributed by atoms with Crippen molar-refractivity contribution in [3.63, 3.8) is 0 Å². The third kappa shape index (κ3) is 5.55. The van der Waals surface area contributed by atoms with Gasteiger partial charge in [-0.1, -0.05) is 23.8 Å². The maximum Gasteiger partial charge on any atom is 0.284 e. The third-order valence-electron chi connectivity index (χ3n) is 3.50. The number of hydrogen-bond acceptors (Lipinski definition) is 3. The SMILES string of the molecule is CN=C(NCc1ccc(C(N)=O)o1)NCc1ccc(C)cc1C.I. The maximum atomic E-state index is 11.0. The van der Waals surface area contributed by atoms with Gasteiger partial charge < -0.3 is 20.8 Å². The van der Waals surface area contributed by atoms with Crippen molar-refractivity contribution in [3.05, 3.63) is 58.5 Å². The van der Waals surface area contributed by atoms with Gasteiger partial charge in [-0.05, 0) is 37.1 Å². The minimum absolute atomic E-state index is 0. The molecule has 0 aliphatic heterocycles. The van der Waals surface area contributed by atoms with Gasteiger partial charge in [0.2, 0.25) is 0 Å². The van der Waals surface area contributed by atoms with Crippen LogP contribution in [0.4, 0.5) is 0 Å². The van der Waals surface area contributed by atoms with Crippen molar-refractivity contribution in [2.75, 3.05) is 7.05 Å². The Kier molecular flexibility index (Phi) is 7.76. The fourth-order valence-corrected chi connectivity index (χ4v) is 2.22. The van der Waals surface area contributed by atoms with E-state index in [9.17, 15) is 4.79 Å². The second-order valence-corrected chi connectivity index (χ2v) is 5.34. The van der Waals surface area contributed by atoms with Crippen LogP contribution in [0.3, 0.4) is 0 Å². The van der Waals surface area contributed by atoms with Crippen LogP contribution in [0.2, 0.25) is 0 Å². The average molecular weight is 442 g/mol. The zero-order valence-electron chi connectivity index (χ0n) is 14.1. The smallest absolute Gasteiger partial charge is 0.284 e. The monoisotopic (exact) mass is 442 g/mol. The van der Waals surface area contributed by atoms with E-state index in [1.165, 1.54) is 16.7 Å². The summed E-state index contributed by atoms with van der Waals surface area (Å²) in [7, 11) is 1.70. The molecular formula is C17H23IN4O2. The Labute approximate surface area is 158 Å². The Balaban J connectivity index is 0.00000288. The lowest BCUT2D eigenvalue weighted by Crippen LogP contribution is -2.36. The van der Waals surface area contributed by atoms with Crippen LogP contribution in [0.1, 0.15) is 33.0 Å². The van der Waals surface area contributed by atoms with Gasteiger partial charge in [0.1, 0.15) is 5.76 Å². The molecule has 24 heavy (non-hydrogen) atoms. The number of carbonyl (C=O) groups is 1. The number of rotatable bonds is 5. The molecule has 0 unspecified atom stereocenters. The first kappa shape index (κ1) is 20.0. The Morgan fingerprint density at radius 2 is 1.88 bits per heavy atom. The summed E-state index contributed by atoms with van der Waals surface area (Å²) < 4.78 is 5.32. The number of furan rings is 1. The molecule has 0 atom stereocenters. The lowest BCUT2D eigenvalue weighted by atomic mass is 10.1. The second-order valence-electron chi connectivity index (χ2n) is 5.34. The molecule has 4 N–H and O–H groups in total. The van der Waals surface area contributed by atoms with E-state index in [4.69, 9.17) is 10.2 Å². The summed E-state index contributed by atoms with van der Waals surface area (Å²) >= 11 is 0. The number of guanidine groups is 1. The molecule has 1 aromatic heterocycles. The van der Waals surface area contributed by atoms with Crippen LogP contribution in [0.25, 0.3) is 0 Å². The van der Waals surface area contributed by atoms with Crippen LogP contribution in [-0.4, -0.2) is 18.9 Å². The summed E-state index contributed by atoms with van der Waals surface area (Å²) in [6.45, 7) is 5.26.